The maximum Gasteiger partial charge on any atom is 0.161 e. The van der Waals surface area contributed by atoms with Gasteiger partial charge >= 0.3 is 0 Å². The lowest BCUT2D eigenvalue weighted by Gasteiger charge is -2.29. The van der Waals surface area contributed by atoms with E-state index in [1.165, 1.54) is 0 Å². The van der Waals surface area contributed by atoms with Crippen molar-refractivity contribution in [2.75, 3.05) is 18.5 Å². The zero-order valence-electron chi connectivity index (χ0n) is 10.1. The number of hydrogen-bond acceptors (Lipinski definition) is 6. The standard InChI is InChI=1S/C12H13ClN4O2/c13-11-8-5-14-3-1-7(8)12(17-16-11)15-9-2-4-19-6-10(9)18/h1,3,5,9-10,18H,2,4,6H2,(H,15,17)/t9-,10+/m1/s1. The topological polar surface area (TPSA) is 80.2 Å². The van der Waals surface area contributed by atoms with Gasteiger partial charge < -0.3 is 15.2 Å². The Morgan fingerprint density at radius 3 is 3.11 bits per heavy atom. The molecule has 19 heavy (non-hydrogen) atoms. The van der Waals surface area contributed by atoms with Crippen LogP contribution in [0, 0.1) is 0 Å². The van der Waals surface area contributed by atoms with Gasteiger partial charge in [0.15, 0.2) is 11.0 Å². The normalized spacial score (nSPS) is 23.5. The van der Waals surface area contributed by atoms with Crippen molar-refractivity contribution in [2.24, 2.45) is 0 Å². The predicted molar refractivity (Wildman–Crippen MR) is 71.2 cm³/mol. The van der Waals surface area contributed by atoms with Crippen molar-refractivity contribution in [1.82, 2.24) is 15.2 Å². The number of fused-ring (bicyclic) bond motifs is 1. The number of halogens is 1. The SMILES string of the molecule is O[C@H]1COCC[C@H]1Nc1nnc(Cl)c2cnccc12. The summed E-state index contributed by atoms with van der Waals surface area (Å²) in [4.78, 5) is 4.03. The fourth-order valence-corrected chi connectivity index (χ4v) is 2.33. The van der Waals surface area contributed by atoms with E-state index in [4.69, 9.17) is 16.3 Å². The van der Waals surface area contributed by atoms with Crippen LogP contribution < -0.4 is 5.32 Å². The molecule has 1 fully saturated rings. The van der Waals surface area contributed by atoms with Crippen LogP contribution in [0.3, 0.4) is 0 Å². The van der Waals surface area contributed by atoms with E-state index in [9.17, 15) is 5.11 Å². The fraction of sp³-hybridized carbons (Fsp3) is 0.417. The second-order valence-corrected chi connectivity index (χ2v) is 4.80. The number of aliphatic hydroxyl groups excluding tert-OH is 1. The van der Waals surface area contributed by atoms with Crippen molar-refractivity contribution < 1.29 is 9.84 Å². The first kappa shape index (κ1) is 12.5. The monoisotopic (exact) mass is 280 g/mol. The fourth-order valence-electron chi connectivity index (χ4n) is 2.14. The minimum absolute atomic E-state index is 0.0967. The summed E-state index contributed by atoms with van der Waals surface area (Å²) in [6.45, 7) is 0.952. The van der Waals surface area contributed by atoms with Crippen molar-refractivity contribution in [1.29, 1.82) is 0 Å². The molecule has 0 radical (unpaired) electrons. The molecule has 100 valence electrons. The highest BCUT2D eigenvalue weighted by Gasteiger charge is 2.24. The highest BCUT2D eigenvalue weighted by molar-refractivity contribution is 6.34. The number of aliphatic hydroxyl groups is 1. The molecule has 3 rings (SSSR count). The lowest BCUT2D eigenvalue weighted by Crippen LogP contribution is -2.42. The van der Waals surface area contributed by atoms with E-state index in [1.54, 1.807) is 12.4 Å². The van der Waals surface area contributed by atoms with Crippen molar-refractivity contribution in [2.45, 2.75) is 18.6 Å². The third-order valence-electron chi connectivity index (χ3n) is 3.18. The van der Waals surface area contributed by atoms with Gasteiger partial charge in [-0.2, -0.15) is 0 Å². The Balaban J connectivity index is 1.94. The summed E-state index contributed by atoms with van der Waals surface area (Å²) >= 11 is 5.99. The van der Waals surface area contributed by atoms with Gasteiger partial charge in [0.1, 0.15) is 0 Å². The number of hydrogen-bond donors (Lipinski definition) is 2. The molecule has 1 aliphatic heterocycles. The van der Waals surface area contributed by atoms with Crippen LogP contribution in [0.2, 0.25) is 5.15 Å². The summed E-state index contributed by atoms with van der Waals surface area (Å²) in [6, 6.07) is 1.73. The van der Waals surface area contributed by atoms with E-state index >= 15 is 0 Å². The van der Waals surface area contributed by atoms with Gasteiger partial charge in [0.25, 0.3) is 0 Å². The van der Waals surface area contributed by atoms with Gasteiger partial charge in [-0.25, -0.2) is 0 Å². The third kappa shape index (κ3) is 2.47. The minimum Gasteiger partial charge on any atom is -0.389 e. The van der Waals surface area contributed by atoms with Gasteiger partial charge in [0.2, 0.25) is 0 Å². The molecule has 0 aromatic carbocycles. The van der Waals surface area contributed by atoms with Gasteiger partial charge in [-0.15, -0.1) is 10.2 Å². The first-order chi connectivity index (χ1) is 9.25. The first-order valence-corrected chi connectivity index (χ1v) is 6.42. The summed E-state index contributed by atoms with van der Waals surface area (Å²) in [5, 5.41) is 23.0. The van der Waals surface area contributed by atoms with E-state index in [-0.39, 0.29) is 6.04 Å². The van der Waals surface area contributed by atoms with E-state index in [2.05, 4.69) is 20.5 Å². The van der Waals surface area contributed by atoms with Gasteiger partial charge in [0, 0.05) is 29.8 Å². The molecule has 6 nitrogen and oxygen atoms in total. The van der Waals surface area contributed by atoms with E-state index < -0.39 is 6.10 Å². The zero-order chi connectivity index (χ0) is 13.2. The summed E-state index contributed by atoms with van der Waals surface area (Å²) in [7, 11) is 0. The van der Waals surface area contributed by atoms with Crippen LogP contribution in [-0.4, -0.2) is 45.6 Å². The average Bonchev–Trinajstić information content (AvgIpc) is 2.44. The molecule has 2 aromatic rings. The summed E-state index contributed by atoms with van der Waals surface area (Å²) < 4.78 is 5.20. The van der Waals surface area contributed by atoms with Crippen LogP contribution >= 0.6 is 11.6 Å². The maximum absolute atomic E-state index is 9.88. The molecule has 1 aliphatic rings. The molecular weight excluding hydrogens is 268 g/mol. The van der Waals surface area contributed by atoms with Crippen LogP contribution in [0.5, 0.6) is 0 Å². The minimum atomic E-state index is -0.553. The number of rotatable bonds is 2. The molecule has 0 aliphatic carbocycles. The summed E-state index contributed by atoms with van der Waals surface area (Å²) in [6.07, 6.45) is 3.49. The molecule has 0 saturated carbocycles. The predicted octanol–water partition coefficient (Wildman–Crippen LogP) is 1.24. The lowest BCUT2D eigenvalue weighted by molar-refractivity contribution is -0.0135. The van der Waals surface area contributed by atoms with Crippen LogP contribution in [0.1, 0.15) is 6.42 Å². The molecule has 0 unspecified atom stereocenters. The first-order valence-electron chi connectivity index (χ1n) is 6.04. The van der Waals surface area contributed by atoms with Crippen LogP contribution in [-0.2, 0) is 4.74 Å². The second kappa shape index (κ2) is 5.24. The highest BCUT2D eigenvalue weighted by Crippen LogP contribution is 2.26. The number of nitrogens with zero attached hydrogens (tertiary/aromatic N) is 3. The van der Waals surface area contributed by atoms with E-state index in [1.807, 2.05) is 6.07 Å². The van der Waals surface area contributed by atoms with Gasteiger partial charge in [-0.05, 0) is 12.5 Å². The molecule has 0 spiro atoms. The zero-order valence-corrected chi connectivity index (χ0v) is 10.8. The second-order valence-electron chi connectivity index (χ2n) is 4.44. The smallest absolute Gasteiger partial charge is 0.161 e. The van der Waals surface area contributed by atoms with Crippen molar-refractivity contribution in [3.8, 4) is 0 Å². The summed E-state index contributed by atoms with van der Waals surface area (Å²) in [5.74, 6) is 0.604. The van der Waals surface area contributed by atoms with Gasteiger partial charge in [-0.1, -0.05) is 11.6 Å². The van der Waals surface area contributed by atoms with Crippen LogP contribution in [0.25, 0.3) is 10.8 Å². The summed E-state index contributed by atoms with van der Waals surface area (Å²) in [5.41, 5.74) is 0. The van der Waals surface area contributed by atoms with Crippen molar-refractivity contribution in [3.63, 3.8) is 0 Å². The highest BCUT2D eigenvalue weighted by atomic mass is 35.5. The number of anilines is 1. The quantitative estimate of drug-likeness (QED) is 0.861. The number of nitrogens with one attached hydrogen (secondary N) is 1. The van der Waals surface area contributed by atoms with Crippen LogP contribution in [0.15, 0.2) is 18.5 Å². The molecule has 3 heterocycles. The van der Waals surface area contributed by atoms with E-state index in [0.29, 0.717) is 24.2 Å². The molecule has 1 saturated heterocycles. The molecule has 7 heteroatoms. The Labute approximate surface area is 114 Å². The van der Waals surface area contributed by atoms with Crippen molar-refractivity contribution >= 4 is 28.2 Å². The number of pyridine rings is 1. The Morgan fingerprint density at radius 1 is 1.37 bits per heavy atom. The third-order valence-corrected chi connectivity index (χ3v) is 3.46. The Kier molecular flexibility index (Phi) is 3.46. The number of aromatic nitrogens is 3. The largest absolute Gasteiger partial charge is 0.389 e. The van der Waals surface area contributed by atoms with Crippen molar-refractivity contribution in [3.05, 3.63) is 23.6 Å². The Hall–Kier alpha value is -1.50. The Morgan fingerprint density at radius 2 is 2.26 bits per heavy atom. The molecule has 2 N–H and O–H groups in total. The lowest BCUT2D eigenvalue weighted by atomic mass is 10.1. The molecule has 0 amide bonds. The molecule has 0 bridgehead atoms. The number of ether oxygens (including phenoxy) is 1. The Bertz CT molecular complexity index is 595. The maximum atomic E-state index is 9.88. The van der Waals surface area contributed by atoms with Gasteiger partial charge in [0.05, 0.1) is 18.8 Å². The average molecular weight is 281 g/mol. The molecule has 2 atom stereocenters. The van der Waals surface area contributed by atoms with Crippen LogP contribution in [0.4, 0.5) is 5.82 Å². The van der Waals surface area contributed by atoms with Gasteiger partial charge in [-0.3, -0.25) is 4.98 Å². The molecular formula is C12H13ClN4O2. The molecule has 2 aromatic heterocycles. The van der Waals surface area contributed by atoms with E-state index in [0.717, 1.165) is 17.2 Å².